The second-order valence-corrected chi connectivity index (χ2v) is 7.34. The van der Waals surface area contributed by atoms with E-state index >= 15 is 0 Å². The minimum atomic E-state index is -0.982. The molecule has 0 aliphatic carbocycles. The number of aliphatic carboxylic acids is 1. The van der Waals surface area contributed by atoms with E-state index in [4.69, 9.17) is 33.5 Å². The molecule has 0 saturated heterocycles. The Hall–Kier alpha value is -1.79. The van der Waals surface area contributed by atoms with Crippen LogP contribution in [0.4, 0.5) is 0 Å². The lowest BCUT2D eigenvalue weighted by Gasteiger charge is -2.08. The third kappa shape index (κ3) is 26.5. The zero-order valence-corrected chi connectivity index (χ0v) is 20.6. The normalized spacial score (nSPS) is 10.9. The molecule has 0 aromatic carbocycles. The molecule has 200 valence electrons. The molecule has 0 unspecified atom stereocenters. The molecule has 0 heterocycles. The van der Waals surface area contributed by atoms with Gasteiger partial charge >= 0.3 is 11.9 Å². The van der Waals surface area contributed by atoms with Gasteiger partial charge in [-0.2, -0.15) is 0 Å². The molecule has 0 radical (unpaired) electrons. The maximum atomic E-state index is 11.4. The summed E-state index contributed by atoms with van der Waals surface area (Å²) < 4.78 is 32.0. The van der Waals surface area contributed by atoms with E-state index in [0.717, 1.165) is 19.3 Å². The van der Waals surface area contributed by atoms with Gasteiger partial charge in [0.2, 0.25) is 5.91 Å². The smallest absolute Gasteiger partial charge is 0.305 e. The Labute approximate surface area is 202 Å². The highest BCUT2D eigenvalue weighted by Gasteiger charge is 2.04. The lowest BCUT2D eigenvalue weighted by atomic mass is 10.2. The lowest BCUT2D eigenvalue weighted by molar-refractivity contribution is -0.145. The van der Waals surface area contributed by atoms with Crippen LogP contribution in [0.15, 0.2) is 0 Å². The average molecular weight is 494 g/mol. The summed E-state index contributed by atoms with van der Waals surface area (Å²) in [7, 11) is 0. The number of unbranched alkanes of at least 4 members (excludes halogenated alkanes) is 2. The highest BCUT2D eigenvalue weighted by Crippen LogP contribution is 2.00. The Kier molecular flexibility index (Phi) is 24.5. The molecule has 0 aliphatic rings. The Morgan fingerprint density at radius 3 is 1.62 bits per heavy atom. The number of carboxylic acids is 1. The number of carbonyl (C=O) groups is 3. The molecule has 0 atom stereocenters. The van der Waals surface area contributed by atoms with Crippen molar-refractivity contribution in [1.29, 1.82) is 0 Å². The van der Waals surface area contributed by atoms with E-state index in [1.807, 2.05) is 0 Å². The summed E-state index contributed by atoms with van der Waals surface area (Å²) in [5.74, 6) is -1.42. The zero-order chi connectivity index (χ0) is 25.1. The molecule has 11 nitrogen and oxygen atoms in total. The Morgan fingerprint density at radius 2 is 1.12 bits per heavy atom. The van der Waals surface area contributed by atoms with E-state index in [1.165, 1.54) is 0 Å². The van der Waals surface area contributed by atoms with Gasteiger partial charge in [-0.1, -0.05) is 19.8 Å². The van der Waals surface area contributed by atoms with Crippen molar-refractivity contribution in [3.05, 3.63) is 0 Å². The molecule has 11 heteroatoms. The van der Waals surface area contributed by atoms with Crippen LogP contribution in [0.25, 0.3) is 0 Å². The van der Waals surface area contributed by atoms with Crippen LogP contribution in [0.3, 0.4) is 0 Å². The number of ether oxygens (including phenoxy) is 6. The molecule has 0 aromatic heterocycles. The largest absolute Gasteiger partial charge is 0.481 e. The van der Waals surface area contributed by atoms with E-state index in [1.54, 1.807) is 0 Å². The third-order valence-corrected chi connectivity index (χ3v) is 4.32. The van der Waals surface area contributed by atoms with E-state index in [9.17, 15) is 14.4 Å². The first-order valence-corrected chi connectivity index (χ1v) is 12.1. The van der Waals surface area contributed by atoms with Gasteiger partial charge in [0.05, 0.1) is 65.9 Å². The van der Waals surface area contributed by atoms with E-state index in [2.05, 4.69) is 12.2 Å². The SMILES string of the molecule is CCCCCC(=O)OCCOCCOCCOCCOCCOCCCNC(=O)CCC(=O)O. The molecule has 0 saturated carbocycles. The third-order valence-electron chi connectivity index (χ3n) is 4.32. The van der Waals surface area contributed by atoms with Crippen molar-refractivity contribution in [2.24, 2.45) is 0 Å². The summed E-state index contributed by atoms with van der Waals surface area (Å²) in [6, 6.07) is 0. The highest BCUT2D eigenvalue weighted by atomic mass is 16.6. The first kappa shape index (κ1) is 32.2. The van der Waals surface area contributed by atoms with E-state index < -0.39 is 5.97 Å². The van der Waals surface area contributed by atoms with Crippen molar-refractivity contribution in [3.63, 3.8) is 0 Å². The quantitative estimate of drug-likeness (QED) is 0.135. The van der Waals surface area contributed by atoms with Crippen LogP contribution in [0, 0.1) is 0 Å². The summed E-state index contributed by atoms with van der Waals surface area (Å²) in [6.07, 6.45) is 3.95. The Balaban J connectivity index is 3.14. The monoisotopic (exact) mass is 493 g/mol. The fourth-order valence-corrected chi connectivity index (χ4v) is 2.50. The number of carboxylic acid groups (broad SMARTS) is 1. The maximum absolute atomic E-state index is 11.4. The topological polar surface area (TPSA) is 139 Å². The number of hydrogen-bond donors (Lipinski definition) is 2. The number of amides is 1. The summed E-state index contributed by atoms with van der Waals surface area (Å²) in [4.78, 5) is 33.1. The second-order valence-electron chi connectivity index (χ2n) is 7.34. The number of rotatable bonds is 26. The molecule has 0 rings (SSSR count). The van der Waals surface area contributed by atoms with Gasteiger partial charge in [0.25, 0.3) is 0 Å². The maximum Gasteiger partial charge on any atom is 0.305 e. The predicted molar refractivity (Wildman–Crippen MR) is 124 cm³/mol. The van der Waals surface area contributed by atoms with Crippen molar-refractivity contribution in [3.8, 4) is 0 Å². The summed E-state index contributed by atoms with van der Waals surface area (Å²) in [5, 5.41) is 11.1. The van der Waals surface area contributed by atoms with Gasteiger partial charge in [0, 0.05) is 26.0 Å². The molecule has 0 spiro atoms. The minimum absolute atomic E-state index is 0.00804. The number of nitrogens with one attached hydrogen (secondary N) is 1. The molecule has 0 bridgehead atoms. The van der Waals surface area contributed by atoms with Crippen LogP contribution in [0.1, 0.15) is 51.9 Å². The van der Waals surface area contributed by atoms with Crippen molar-refractivity contribution in [2.75, 3.05) is 79.2 Å². The Bertz CT molecular complexity index is 504. The van der Waals surface area contributed by atoms with E-state index in [-0.39, 0.29) is 31.3 Å². The zero-order valence-electron chi connectivity index (χ0n) is 20.6. The number of carbonyl (C=O) groups excluding carboxylic acids is 2. The van der Waals surface area contributed by atoms with Gasteiger partial charge in [0.1, 0.15) is 6.61 Å². The Morgan fingerprint density at radius 1 is 0.618 bits per heavy atom. The lowest BCUT2D eigenvalue weighted by Crippen LogP contribution is -2.25. The fourth-order valence-electron chi connectivity index (χ4n) is 2.50. The first-order valence-electron chi connectivity index (χ1n) is 12.1. The van der Waals surface area contributed by atoms with Crippen LogP contribution in [0.5, 0.6) is 0 Å². The molecule has 2 N–H and O–H groups in total. The van der Waals surface area contributed by atoms with Crippen molar-refractivity contribution >= 4 is 17.8 Å². The van der Waals surface area contributed by atoms with Gasteiger partial charge < -0.3 is 38.8 Å². The standard InChI is InChI=1S/C23H43NO10/c1-2-3-4-6-23(28)34-20-19-33-18-17-32-16-15-31-14-13-30-12-11-29-10-5-9-24-21(25)7-8-22(26)27/h2-20H2,1H3,(H,24,25)(H,26,27). The predicted octanol–water partition coefficient (Wildman–Crippen LogP) is 1.56. The van der Waals surface area contributed by atoms with Crippen molar-refractivity contribution in [1.82, 2.24) is 5.32 Å². The van der Waals surface area contributed by atoms with Crippen LogP contribution in [0.2, 0.25) is 0 Å². The second kappa shape index (κ2) is 25.8. The summed E-state index contributed by atoms with van der Waals surface area (Å²) >= 11 is 0. The van der Waals surface area contributed by atoms with E-state index in [0.29, 0.717) is 85.5 Å². The van der Waals surface area contributed by atoms with Crippen molar-refractivity contribution < 1.29 is 47.9 Å². The molecule has 0 aliphatic heterocycles. The first-order chi connectivity index (χ1) is 16.6. The molecule has 1 amide bonds. The van der Waals surface area contributed by atoms with Crippen molar-refractivity contribution in [2.45, 2.75) is 51.9 Å². The van der Waals surface area contributed by atoms with Crippen LogP contribution < -0.4 is 5.32 Å². The van der Waals surface area contributed by atoms with Gasteiger partial charge in [-0.3, -0.25) is 14.4 Å². The molecule has 34 heavy (non-hydrogen) atoms. The summed E-state index contributed by atoms with van der Waals surface area (Å²) in [6.45, 7) is 7.33. The van der Waals surface area contributed by atoms with Gasteiger partial charge in [-0.25, -0.2) is 0 Å². The molecule has 0 fully saturated rings. The van der Waals surface area contributed by atoms with Gasteiger partial charge in [-0.05, 0) is 12.8 Å². The number of hydrogen-bond acceptors (Lipinski definition) is 9. The number of esters is 1. The fraction of sp³-hybridized carbons (Fsp3) is 0.870. The molecular weight excluding hydrogens is 450 g/mol. The van der Waals surface area contributed by atoms with Crippen LogP contribution in [-0.4, -0.2) is 102 Å². The van der Waals surface area contributed by atoms with Crippen LogP contribution in [-0.2, 0) is 42.8 Å². The molecular formula is C23H43NO10. The molecule has 0 aromatic rings. The average Bonchev–Trinajstić information content (AvgIpc) is 2.81. The van der Waals surface area contributed by atoms with Gasteiger partial charge in [0.15, 0.2) is 0 Å². The minimum Gasteiger partial charge on any atom is -0.481 e. The highest BCUT2D eigenvalue weighted by molar-refractivity contribution is 5.80. The summed E-state index contributed by atoms with van der Waals surface area (Å²) in [5.41, 5.74) is 0. The van der Waals surface area contributed by atoms with Gasteiger partial charge in [-0.15, -0.1) is 0 Å². The van der Waals surface area contributed by atoms with Crippen LogP contribution >= 0.6 is 0 Å².